The summed E-state index contributed by atoms with van der Waals surface area (Å²) in [6, 6.07) is 8.48. The van der Waals surface area contributed by atoms with E-state index in [1.807, 2.05) is 29.6 Å². The van der Waals surface area contributed by atoms with E-state index in [0.717, 1.165) is 22.0 Å². The molecule has 1 amide bonds. The van der Waals surface area contributed by atoms with Crippen LogP contribution in [0.25, 0.3) is 11.3 Å². The zero-order valence-corrected chi connectivity index (χ0v) is 12.8. The van der Waals surface area contributed by atoms with Gasteiger partial charge in [0.1, 0.15) is 0 Å². The topological polar surface area (TPSA) is 54.0 Å². The summed E-state index contributed by atoms with van der Waals surface area (Å²) in [5, 5.41) is 9.07. The fraction of sp³-hybridized carbons (Fsp3) is 0.333. The second-order valence-electron chi connectivity index (χ2n) is 4.94. The number of hydrogen-bond acceptors (Lipinski definition) is 4. The largest absolute Gasteiger partial charge is 0.359 e. The number of amides is 1. The fourth-order valence-corrected chi connectivity index (χ4v) is 2.61. The number of aromatic nitrogens is 1. The van der Waals surface area contributed by atoms with Gasteiger partial charge in [-0.1, -0.05) is 24.3 Å². The maximum atomic E-state index is 10.9. The molecule has 2 rings (SSSR count). The zero-order chi connectivity index (χ0) is 14.5. The molecule has 0 atom stereocenters. The number of nitrogens with one attached hydrogen (secondary N) is 2. The summed E-state index contributed by atoms with van der Waals surface area (Å²) in [7, 11) is 0. The van der Waals surface area contributed by atoms with Crippen molar-refractivity contribution in [3.63, 3.8) is 0 Å². The fourth-order valence-electron chi connectivity index (χ4n) is 1.74. The Morgan fingerprint density at radius 2 is 2.00 bits per heavy atom. The van der Waals surface area contributed by atoms with Gasteiger partial charge in [-0.2, -0.15) is 0 Å². The molecule has 1 aromatic carbocycles. The maximum absolute atomic E-state index is 10.9. The van der Waals surface area contributed by atoms with Gasteiger partial charge in [-0.05, 0) is 19.4 Å². The molecule has 2 N–H and O–H groups in total. The minimum atomic E-state index is -0.0158. The van der Waals surface area contributed by atoms with Gasteiger partial charge in [-0.3, -0.25) is 4.79 Å². The molecule has 2 aromatic rings. The number of nitrogens with zero attached hydrogens (tertiary/aromatic N) is 1. The molecule has 0 spiro atoms. The van der Waals surface area contributed by atoms with Crippen molar-refractivity contribution in [2.75, 3.05) is 5.32 Å². The van der Waals surface area contributed by atoms with Crippen LogP contribution >= 0.6 is 11.3 Å². The van der Waals surface area contributed by atoms with Crippen molar-refractivity contribution >= 4 is 22.4 Å². The van der Waals surface area contributed by atoms with E-state index >= 15 is 0 Å². The molecule has 0 aliphatic rings. The maximum Gasteiger partial charge on any atom is 0.217 e. The van der Waals surface area contributed by atoms with Crippen LogP contribution in [0.2, 0.25) is 0 Å². The molecule has 1 aromatic heterocycles. The number of benzene rings is 1. The quantitative estimate of drug-likeness (QED) is 0.888. The first-order chi connectivity index (χ1) is 9.54. The van der Waals surface area contributed by atoms with Crippen LogP contribution < -0.4 is 10.6 Å². The first kappa shape index (κ1) is 14.5. The summed E-state index contributed by atoms with van der Waals surface area (Å²) in [5.41, 5.74) is 3.15. The minimum Gasteiger partial charge on any atom is -0.359 e. The summed E-state index contributed by atoms with van der Waals surface area (Å²) in [6.45, 7) is 6.27. The molecule has 5 heteroatoms. The summed E-state index contributed by atoms with van der Waals surface area (Å²) < 4.78 is 0. The van der Waals surface area contributed by atoms with E-state index in [9.17, 15) is 4.79 Å². The highest BCUT2D eigenvalue weighted by atomic mass is 32.1. The number of rotatable bonds is 5. The van der Waals surface area contributed by atoms with Gasteiger partial charge in [0.2, 0.25) is 5.91 Å². The average Bonchev–Trinajstić information content (AvgIpc) is 2.84. The van der Waals surface area contributed by atoms with Gasteiger partial charge in [-0.25, -0.2) is 4.98 Å². The highest BCUT2D eigenvalue weighted by Gasteiger charge is 2.05. The van der Waals surface area contributed by atoms with Gasteiger partial charge in [0.25, 0.3) is 0 Å². The summed E-state index contributed by atoms with van der Waals surface area (Å²) in [6.07, 6.45) is 0. The van der Waals surface area contributed by atoms with E-state index in [1.165, 1.54) is 6.92 Å². The Hall–Kier alpha value is -1.88. The second kappa shape index (κ2) is 6.52. The van der Waals surface area contributed by atoms with Gasteiger partial charge in [0.15, 0.2) is 5.13 Å². The van der Waals surface area contributed by atoms with Gasteiger partial charge in [0, 0.05) is 30.5 Å². The normalized spacial score (nSPS) is 10.6. The number of thiazole rings is 1. The summed E-state index contributed by atoms with van der Waals surface area (Å²) in [5.74, 6) is -0.0158. The highest BCUT2D eigenvalue weighted by molar-refractivity contribution is 7.14. The van der Waals surface area contributed by atoms with Crippen molar-refractivity contribution in [2.45, 2.75) is 33.4 Å². The molecule has 0 aliphatic heterocycles. The van der Waals surface area contributed by atoms with E-state index in [1.54, 1.807) is 11.3 Å². The minimum absolute atomic E-state index is 0.0158. The molecule has 106 valence electrons. The first-order valence-electron chi connectivity index (χ1n) is 6.60. The first-order valence-corrected chi connectivity index (χ1v) is 7.48. The summed E-state index contributed by atoms with van der Waals surface area (Å²) in [4.78, 5) is 15.4. The Balaban J connectivity index is 2.05. The molecule has 0 unspecified atom stereocenters. The van der Waals surface area contributed by atoms with Crippen LogP contribution in [0.3, 0.4) is 0 Å². The molecule has 1 heterocycles. The third-order valence-electron chi connectivity index (χ3n) is 2.71. The number of anilines is 1. The van der Waals surface area contributed by atoms with E-state index in [-0.39, 0.29) is 5.91 Å². The van der Waals surface area contributed by atoms with Crippen molar-refractivity contribution < 1.29 is 4.79 Å². The molecular formula is C15H19N3OS. The molecule has 0 fully saturated rings. The number of carbonyl (C=O) groups is 1. The van der Waals surface area contributed by atoms with Crippen LogP contribution in [0.1, 0.15) is 26.3 Å². The smallest absolute Gasteiger partial charge is 0.217 e. The van der Waals surface area contributed by atoms with Crippen molar-refractivity contribution in [3.05, 3.63) is 35.2 Å². The van der Waals surface area contributed by atoms with Crippen LogP contribution in [0.15, 0.2) is 29.6 Å². The predicted molar refractivity (Wildman–Crippen MR) is 83.8 cm³/mol. The third-order valence-corrected chi connectivity index (χ3v) is 3.48. The van der Waals surface area contributed by atoms with Crippen LogP contribution in [-0.4, -0.2) is 16.9 Å². The Kier molecular flexibility index (Phi) is 4.74. The van der Waals surface area contributed by atoms with E-state index < -0.39 is 0 Å². The SMILES string of the molecule is CC(=O)NCc1ccc(-c2csc(NC(C)C)n2)cc1. The van der Waals surface area contributed by atoms with E-state index in [0.29, 0.717) is 12.6 Å². The van der Waals surface area contributed by atoms with Gasteiger partial charge < -0.3 is 10.6 Å². The lowest BCUT2D eigenvalue weighted by atomic mass is 10.1. The van der Waals surface area contributed by atoms with Crippen molar-refractivity contribution in [1.29, 1.82) is 0 Å². The van der Waals surface area contributed by atoms with Crippen LogP contribution in [0.5, 0.6) is 0 Å². The Bertz CT molecular complexity index is 575. The van der Waals surface area contributed by atoms with Gasteiger partial charge in [-0.15, -0.1) is 11.3 Å². The second-order valence-corrected chi connectivity index (χ2v) is 5.80. The average molecular weight is 289 g/mol. The molecule has 0 radical (unpaired) electrons. The lowest BCUT2D eigenvalue weighted by Crippen LogP contribution is -2.18. The van der Waals surface area contributed by atoms with E-state index in [2.05, 4.69) is 29.5 Å². The molecule has 0 bridgehead atoms. The number of carbonyl (C=O) groups excluding carboxylic acids is 1. The monoisotopic (exact) mass is 289 g/mol. The number of hydrogen-bond donors (Lipinski definition) is 2. The molecule has 0 saturated carbocycles. The van der Waals surface area contributed by atoms with Crippen molar-refractivity contribution in [3.8, 4) is 11.3 Å². The molecule has 4 nitrogen and oxygen atoms in total. The van der Waals surface area contributed by atoms with Gasteiger partial charge in [0.05, 0.1) is 5.69 Å². The molecule has 0 aliphatic carbocycles. The molecular weight excluding hydrogens is 270 g/mol. The van der Waals surface area contributed by atoms with Gasteiger partial charge >= 0.3 is 0 Å². The van der Waals surface area contributed by atoms with E-state index in [4.69, 9.17) is 0 Å². The van der Waals surface area contributed by atoms with Crippen molar-refractivity contribution in [1.82, 2.24) is 10.3 Å². The Morgan fingerprint density at radius 1 is 1.30 bits per heavy atom. The lowest BCUT2D eigenvalue weighted by Gasteiger charge is -2.05. The molecule has 0 saturated heterocycles. The Morgan fingerprint density at radius 3 is 2.60 bits per heavy atom. The standard InChI is InChI=1S/C15H19N3OS/c1-10(2)17-15-18-14(9-20-15)13-6-4-12(5-7-13)8-16-11(3)19/h4-7,9-10H,8H2,1-3H3,(H,16,19)(H,17,18). The van der Waals surface area contributed by atoms with Crippen molar-refractivity contribution in [2.24, 2.45) is 0 Å². The third kappa shape index (κ3) is 4.06. The van der Waals surface area contributed by atoms with Crippen LogP contribution in [0.4, 0.5) is 5.13 Å². The van der Waals surface area contributed by atoms with Crippen LogP contribution in [-0.2, 0) is 11.3 Å². The Labute approximate surface area is 123 Å². The zero-order valence-electron chi connectivity index (χ0n) is 11.9. The predicted octanol–water partition coefficient (Wildman–Crippen LogP) is 3.27. The summed E-state index contributed by atoms with van der Waals surface area (Å²) >= 11 is 1.61. The highest BCUT2D eigenvalue weighted by Crippen LogP contribution is 2.25. The van der Waals surface area contributed by atoms with Crippen LogP contribution in [0, 0.1) is 0 Å². The lowest BCUT2D eigenvalue weighted by molar-refractivity contribution is -0.119. The molecule has 20 heavy (non-hydrogen) atoms.